The molecule has 0 aromatic rings. The number of carboxylic acids is 1. The highest BCUT2D eigenvalue weighted by Crippen LogP contribution is 2.67. The highest BCUT2D eigenvalue weighted by Gasteiger charge is 2.59. The number of hydrogen-bond acceptors (Lipinski definition) is 4. The predicted octanol–water partition coefficient (Wildman–Crippen LogP) is 7.10. The second kappa shape index (κ2) is 13.5. The number of alkyl carbamates (subject to hydrolysis) is 1. The number of allylic oxidation sites excluding steroid dienone is 1. The van der Waals surface area contributed by atoms with Gasteiger partial charge in [-0.1, -0.05) is 65.5 Å². The van der Waals surface area contributed by atoms with Crippen molar-refractivity contribution in [3.05, 3.63) is 11.6 Å². The highest BCUT2D eigenvalue weighted by molar-refractivity contribution is 5.80. The largest absolute Gasteiger partial charge is 0.481 e. The lowest BCUT2D eigenvalue weighted by molar-refractivity contribution is -0.138. The van der Waals surface area contributed by atoms with Crippen molar-refractivity contribution < 1.29 is 24.2 Å². The standard InChI is InChI=1S/C34H56N2O5/c1-22(2)7-6-8-23(3)27-11-12-28-26-10-9-24-21-25(15-17-33(24,4)29(26)16-18-34(27,28)5)41-32(40)36-20-19-35-30(37)13-14-31(38)39/h9,22-23,25-29H,6-8,10-21H2,1-5H3,(H,35,37)(H,36,40)(H,38,39)/t23-,25+,26?,27-,28?,29?,33+,34-/m0/s1. The van der Waals surface area contributed by atoms with Crippen LogP contribution in [0.5, 0.6) is 0 Å². The molecule has 8 atom stereocenters. The maximum absolute atomic E-state index is 12.4. The molecule has 4 rings (SSSR count). The van der Waals surface area contributed by atoms with Crippen LogP contribution in [0.3, 0.4) is 0 Å². The molecule has 0 spiro atoms. The van der Waals surface area contributed by atoms with E-state index in [1.165, 1.54) is 56.9 Å². The van der Waals surface area contributed by atoms with Crippen LogP contribution in [0.2, 0.25) is 0 Å². The molecule has 3 unspecified atom stereocenters. The van der Waals surface area contributed by atoms with Crippen molar-refractivity contribution in [2.24, 2.45) is 46.3 Å². The van der Waals surface area contributed by atoms with Gasteiger partial charge in [0.25, 0.3) is 0 Å². The SMILES string of the molecule is CC(C)CCC[C@H](C)[C@@H]1CCC2C3CC=C4C[C@H](OC(=O)NCCNC(=O)CCC(=O)O)CC[C@@]4(C)C3CC[C@]21C. The monoisotopic (exact) mass is 572 g/mol. The minimum atomic E-state index is -0.999. The van der Waals surface area contributed by atoms with Crippen LogP contribution >= 0.6 is 0 Å². The first kappa shape index (κ1) is 31.9. The van der Waals surface area contributed by atoms with Gasteiger partial charge < -0.3 is 20.5 Å². The van der Waals surface area contributed by atoms with Crippen LogP contribution in [-0.4, -0.2) is 42.3 Å². The van der Waals surface area contributed by atoms with Gasteiger partial charge in [-0.2, -0.15) is 0 Å². The van der Waals surface area contributed by atoms with Crippen molar-refractivity contribution in [3.8, 4) is 0 Å². The number of rotatable bonds is 12. The number of carboxylic acid groups (broad SMARTS) is 1. The second-order valence-corrected chi connectivity index (χ2v) is 14.7. The molecule has 4 aliphatic rings. The minimum absolute atomic E-state index is 0.0598. The summed E-state index contributed by atoms with van der Waals surface area (Å²) in [6, 6.07) is 0. The maximum Gasteiger partial charge on any atom is 0.407 e. The summed E-state index contributed by atoms with van der Waals surface area (Å²) in [5, 5.41) is 14.0. The number of aliphatic carboxylic acids is 1. The molecule has 232 valence electrons. The van der Waals surface area contributed by atoms with E-state index in [9.17, 15) is 14.4 Å². The molecule has 0 bridgehead atoms. The molecule has 0 heterocycles. The third-order valence-corrected chi connectivity index (χ3v) is 11.8. The van der Waals surface area contributed by atoms with Crippen molar-refractivity contribution in [1.82, 2.24) is 10.6 Å². The van der Waals surface area contributed by atoms with Gasteiger partial charge >= 0.3 is 12.1 Å². The number of fused-ring (bicyclic) bond motifs is 5. The first-order chi connectivity index (χ1) is 19.4. The van der Waals surface area contributed by atoms with Gasteiger partial charge in [0.15, 0.2) is 0 Å². The van der Waals surface area contributed by atoms with Crippen LogP contribution < -0.4 is 10.6 Å². The van der Waals surface area contributed by atoms with E-state index in [4.69, 9.17) is 9.84 Å². The fraction of sp³-hybridized carbons (Fsp3) is 0.853. The first-order valence-electron chi connectivity index (χ1n) is 16.6. The Morgan fingerprint density at radius 3 is 2.46 bits per heavy atom. The third-order valence-electron chi connectivity index (χ3n) is 11.8. The highest BCUT2D eigenvalue weighted by atomic mass is 16.6. The summed E-state index contributed by atoms with van der Waals surface area (Å²) in [4.78, 5) is 34.6. The van der Waals surface area contributed by atoms with E-state index in [0.29, 0.717) is 5.41 Å². The van der Waals surface area contributed by atoms with Crippen LogP contribution in [0.15, 0.2) is 11.6 Å². The van der Waals surface area contributed by atoms with Gasteiger partial charge in [-0.15, -0.1) is 0 Å². The zero-order chi connectivity index (χ0) is 29.8. The molecule has 4 aliphatic carbocycles. The average molecular weight is 573 g/mol. The van der Waals surface area contributed by atoms with E-state index in [1.807, 2.05) is 0 Å². The summed E-state index contributed by atoms with van der Waals surface area (Å²) < 4.78 is 5.80. The smallest absolute Gasteiger partial charge is 0.407 e. The van der Waals surface area contributed by atoms with Crippen molar-refractivity contribution >= 4 is 18.0 Å². The molecule has 3 N–H and O–H groups in total. The van der Waals surface area contributed by atoms with Gasteiger partial charge in [0, 0.05) is 25.9 Å². The molecule has 41 heavy (non-hydrogen) atoms. The van der Waals surface area contributed by atoms with Gasteiger partial charge in [-0.3, -0.25) is 9.59 Å². The summed E-state index contributed by atoms with van der Waals surface area (Å²) in [5.74, 6) is 3.57. The van der Waals surface area contributed by atoms with Crippen LogP contribution in [0.25, 0.3) is 0 Å². The molecule has 0 radical (unpaired) electrons. The number of hydrogen-bond donors (Lipinski definition) is 3. The predicted molar refractivity (Wildman–Crippen MR) is 161 cm³/mol. The lowest BCUT2D eigenvalue weighted by Crippen LogP contribution is -2.51. The number of ether oxygens (including phenoxy) is 1. The van der Waals surface area contributed by atoms with Gasteiger partial charge in [0.1, 0.15) is 6.10 Å². The summed E-state index contributed by atoms with van der Waals surface area (Å²) in [5.41, 5.74) is 2.23. The molecular weight excluding hydrogens is 516 g/mol. The van der Waals surface area contributed by atoms with Crippen molar-refractivity contribution in [1.29, 1.82) is 0 Å². The topological polar surface area (TPSA) is 105 Å². The normalized spacial score (nSPS) is 35.0. The molecule has 0 aliphatic heterocycles. The van der Waals surface area contributed by atoms with Gasteiger partial charge in [0.05, 0.1) is 6.42 Å². The van der Waals surface area contributed by atoms with E-state index >= 15 is 0 Å². The van der Waals surface area contributed by atoms with Gasteiger partial charge in [-0.25, -0.2) is 4.79 Å². The summed E-state index contributed by atoms with van der Waals surface area (Å²) in [6.07, 6.45) is 15.4. The Labute approximate surface area is 248 Å². The minimum Gasteiger partial charge on any atom is -0.481 e. The quantitative estimate of drug-likeness (QED) is 0.171. The van der Waals surface area contributed by atoms with E-state index in [1.54, 1.807) is 0 Å². The molecule has 7 heteroatoms. The molecule has 3 saturated carbocycles. The van der Waals surface area contributed by atoms with E-state index in [0.717, 1.165) is 54.8 Å². The van der Waals surface area contributed by atoms with Crippen molar-refractivity contribution in [3.63, 3.8) is 0 Å². The lowest BCUT2D eigenvalue weighted by Gasteiger charge is -2.58. The number of carbonyl (C=O) groups excluding carboxylic acids is 2. The molecule has 0 saturated heterocycles. The van der Waals surface area contributed by atoms with E-state index in [-0.39, 0.29) is 43.4 Å². The van der Waals surface area contributed by atoms with Crippen LogP contribution in [-0.2, 0) is 14.3 Å². The first-order valence-corrected chi connectivity index (χ1v) is 16.6. The Kier molecular flexibility index (Phi) is 10.5. The Morgan fingerprint density at radius 2 is 1.73 bits per heavy atom. The molecule has 2 amide bonds. The van der Waals surface area contributed by atoms with Gasteiger partial charge in [-0.05, 0) is 91.3 Å². The summed E-state index contributed by atoms with van der Waals surface area (Å²) in [7, 11) is 0. The third kappa shape index (κ3) is 7.30. The Bertz CT molecular complexity index is 978. The van der Waals surface area contributed by atoms with Crippen molar-refractivity contribution in [2.45, 2.75) is 124 Å². The zero-order valence-electron chi connectivity index (χ0n) is 26.3. The molecule has 0 aromatic carbocycles. The summed E-state index contributed by atoms with van der Waals surface area (Å²) >= 11 is 0. The Balaban J connectivity index is 1.27. The fourth-order valence-corrected chi connectivity index (χ4v) is 9.62. The van der Waals surface area contributed by atoms with Crippen LogP contribution in [0, 0.1) is 46.3 Å². The molecule has 0 aromatic heterocycles. The number of carbonyl (C=O) groups is 3. The number of nitrogens with one attached hydrogen (secondary N) is 2. The van der Waals surface area contributed by atoms with E-state index in [2.05, 4.69) is 51.3 Å². The van der Waals surface area contributed by atoms with Crippen molar-refractivity contribution in [2.75, 3.05) is 13.1 Å². The maximum atomic E-state index is 12.4. The average Bonchev–Trinajstić information content (AvgIpc) is 3.27. The lowest BCUT2D eigenvalue weighted by atomic mass is 9.47. The summed E-state index contributed by atoms with van der Waals surface area (Å²) in [6.45, 7) is 12.9. The fourth-order valence-electron chi connectivity index (χ4n) is 9.62. The van der Waals surface area contributed by atoms with E-state index < -0.39 is 12.1 Å². The second-order valence-electron chi connectivity index (χ2n) is 14.7. The van der Waals surface area contributed by atoms with Crippen LogP contribution in [0.4, 0.5) is 4.79 Å². The molecule has 3 fully saturated rings. The Hall–Kier alpha value is -2.05. The Morgan fingerprint density at radius 1 is 0.976 bits per heavy atom. The van der Waals surface area contributed by atoms with Gasteiger partial charge in [0.2, 0.25) is 5.91 Å². The molecular formula is C34H56N2O5. The van der Waals surface area contributed by atoms with Crippen LogP contribution in [0.1, 0.15) is 118 Å². The molecule has 7 nitrogen and oxygen atoms in total. The zero-order valence-corrected chi connectivity index (χ0v) is 26.3. The number of amides is 2.